The minimum absolute atomic E-state index is 0.0161. The standard InChI is InChI=1S/C31H50O3/c1-20(2)21(3)9-11-25(34-19-32)24-14-18-30(7)23-10-12-26-28(4,5)27(33)15-16-29(26,6)22(23)13-17-31(24,30)8/h19-20,24-27,33H,3,9-18H2,1-2,4-8H3/t24-,25?,26+,27+,29-,30+,31-/m1/s1. The number of carbonyl (C=O) groups excluding carboxylic acids is 1. The van der Waals surface area contributed by atoms with Crippen molar-refractivity contribution in [3.8, 4) is 0 Å². The summed E-state index contributed by atoms with van der Waals surface area (Å²) >= 11 is 0. The lowest BCUT2D eigenvalue weighted by atomic mass is 9.43. The molecule has 0 saturated heterocycles. The Morgan fingerprint density at radius 1 is 1.06 bits per heavy atom. The Morgan fingerprint density at radius 2 is 1.76 bits per heavy atom. The predicted molar refractivity (Wildman–Crippen MR) is 139 cm³/mol. The fraction of sp³-hybridized carbons (Fsp3) is 0.839. The molecule has 0 aliphatic heterocycles. The summed E-state index contributed by atoms with van der Waals surface area (Å²) in [7, 11) is 0. The molecule has 2 fully saturated rings. The summed E-state index contributed by atoms with van der Waals surface area (Å²) in [5, 5.41) is 10.8. The highest BCUT2D eigenvalue weighted by atomic mass is 16.5. The molecule has 0 aromatic rings. The summed E-state index contributed by atoms with van der Waals surface area (Å²) in [6.45, 7) is 21.5. The molecule has 7 atom stereocenters. The minimum Gasteiger partial charge on any atom is -0.464 e. The number of allylic oxidation sites excluding steroid dienone is 3. The lowest BCUT2D eigenvalue weighted by molar-refractivity contribution is -0.140. The number of hydrogen-bond acceptors (Lipinski definition) is 3. The summed E-state index contributed by atoms with van der Waals surface area (Å²) in [6, 6.07) is 0. The van der Waals surface area contributed by atoms with Gasteiger partial charge in [0, 0.05) is 5.92 Å². The van der Waals surface area contributed by atoms with Gasteiger partial charge in [0.25, 0.3) is 6.47 Å². The molecule has 0 bridgehead atoms. The van der Waals surface area contributed by atoms with Crippen molar-refractivity contribution in [2.24, 2.45) is 39.4 Å². The van der Waals surface area contributed by atoms with Crippen molar-refractivity contribution in [1.29, 1.82) is 0 Å². The van der Waals surface area contributed by atoms with Gasteiger partial charge in [0.15, 0.2) is 0 Å². The zero-order valence-corrected chi connectivity index (χ0v) is 23.0. The summed E-state index contributed by atoms with van der Waals surface area (Å²) in [6.07, 6.45) is 10.7. The molecule has 0 amide bonds. The number of aliphatic hydroxyl groups is 1. The van der Waals surface area contributed by atoms with Crippen molar-refractivity contribution in [2.45, 2.75) is 125 Å². The van der Waals surface area contributed by atoms with E-state index in [2.05, 4.69) is 55.0 Å². The summed E-state index contributed by atoms with van der Waals surface area (Å²) < 4.78 is 5.83. The Bertz CT molecular complexity index is 853. The number of fused-ring (bicyclic) bond motifs is 4. The molecule has 0 spiro atoms. The predicted octanol–water partition coefficient (Wildman–Crippen LogP) is 7.63. The van der Waals surface area contributed by atoms with Crippen LogP contribution in [0.4, 0.5) is 0 Å². The first-order chi connectivity index (χ1) is 15.8. The topological polar surface area (TPSA) is 46.5 Å². The Hall–Kier alpha value is -1.09. The van der Waals surface area contributed by atoms with Gasteiger partial charge in [-0.3, -0.25) is 4.79 Å². The van der Waals surface area contributed by atoms with Crippen LogP contribution >= 0.6 is 0 Å². The van der Waals surface area contributed by atoms with Crippen molar-refractivity contribution in [2.75, 3.05) is 0 Å². The molecule has 2 saturated carbocycles. The summed E-state index contributed by atoms with van der Waals surface area (Å²) in [4.78, 5) is 11.5. The SMILES string of the molecule is C=C(CCC(OC=O)[C@H]1CC[C@@]2(C)C3=C(CC[C@]12C)[C@@]1(C)CC[C@H](O)C(C)(C)[C@@H]1CC3)C(C)C. The zero-order chi connectivity index (χ0) is 25.1. The van der Waals surface area contributed by atoms with Gasteiger partial charge in [-0.05, 0) is 97.7 Å². The number of carbonyl (C=O) groups is 1. The van der Waals surface area contributed by atoms with Gasteiger partial charge in [0.05, 0.1) is 6.10 Å². The van der Waals surface area contributed by atoms with Crippen LogP contribution in [-0.4, -0.2) is 23.8 Å². The summed E-state index contributed by atoms with van der Waals surface area (Å²) in [5.74, 6) is 1.44. The van der Waals surface area contributed by atoms with Crippen LogP contribution in [-0.2, 0) is 9.53 Å². The van der Waals surface area contributed by atoms with Crippen LogP contribution in [0.5, 0.6) is 0 Å². The van der Waals surface area contributed by atoms with Crippen molar-refractivity contribution < 1.29 is 14.6 Å². The molecule has 0 heterocycles. The molecule has 1 N–H and O–H groups in total. The first-order valence-electron chi connectivity index (χ1n) is 14.0. The van der Waals surface area contributed by atoms with E-state index in [0.29, 0.717) is 24.2 Å². The van der Waals surface area contributed by atoms with Gasteiger partial charge in [-0.2, -0.15) is 0 Å². The normalized spacial score (nSPS) is 42.0. The maximum absolute atomic E-state index is 11.5. The van der Waals surface area contributed by atoms with Crippen molar-refractivity contribution in [1.82, 2.24) is 0 Å². The maximum atomic E-state index is 11.5. The Morgan fingerprint density at radius 3 is 2.41 bits per heavy atom. The third-order valence-corrected chi connectivity index (χ3v) is 12.0. The van der Waals surface area contributed by atoms with E-state index in [-0.39, 0.29) is 33.9 Å². The van der Waals surface area contributed by atoms with E-state index in [1.807, 2.05) is 0 Å². The number of hydrogen-bond donors (Lipinski definition) is 1. The van der Waals surface area contributed by atoms with Gasteiger partial charge in [-0.25, -0.2) is 0 Å². The van der Waals surface area contributed by atoms with Crippen molar-refractivity contribution in [3.63, 3.8) is 0 Å². The smallest absolute Gasteiger partial charge is 0.293 e. The molecular formula is C31H50O3. The minimum atomic E-state index is -0.185. The number of rotatable bonds is 7. The largest absolute Gasteiger partial charge is 0.464 e. The fourth-order valence-electron chi connectivity index (χ4n) is 9.36. The molecule has 4 aliphatic carbocycles. The zero-order valence-electron chi connectivity index (χ0n) is 23.0. The van der Waals surface area contributed by atoms with Crippen LogP contribution in [0, 0.1) is 39.4 Å². The number of aliphatic hydroxyl groups excluding tert-OH is 1. The van der Waals surface area contributed by atoms with E-state index in [0.717, 1.165) is 32.1 Å². The van der Waals surface area contributed by atoms with E-state index in [9.17, 15) is 9.90 Å². The van der Waals surface area contributed by atoms with E-state index >= 15 is 0 Å². The second-order valence-corrected chi connectivity index (χ2v) is 13.9. The molecule has 3 heteroatoms. The molecule has 0 aromatic carbocycles. The Labute approximate surface area is 208 Å². The quantitative estimate of drug-likeness (QED) is 0.307. The Balaban J connectivity index is 1.66. The van der Waals surface area contributed by atoms with Crippen LogP contribution in [0.15, 0.2) is 23.3 Å². The van der Waals surface area contributed by atoms with E-state index < -0.39 is 0 Å². The lowest BCUT2D eigenvalue weighted by Gasteiger charge is -2.62. The van der Waals surface area contributed by atoms with Crippen molar-refractivity contribution >= 4 is 6.47 Å². The van der Waals surface area contributed by atoms with E-state index in [1.165, 1.54) is 37.7 Å². The molecule has 3 nitrogen and oxygen atoms in total. The maximum Gasteiger partial charge on any atom is 0.293 e. The van der Waals surface area contributed by atoms with Crippen LogP contribution in [0.2, 0.25) is 0 Å². The van der Waals surface area contributed by atoms with Gasteiger partial charge < -0.3 is 9.84 Å². The molecule has 192 valence electrons. The highest BCUT2D eigenvalue weighted by Gasteiger charge is 2.64. The van der Waals surface area contributed by atoms with E-state index in [1.54, 1.807) is 11.1 Å². The molecule has 0 aromatic heterocycles. The van der Waals surface area contributed by atoms with Crippen LogP contribution in [0.1, 0.15) is 113 Å². The fourth-order valence-corrected chi connectivity index (χ4v) is 9.36. The molecule has 0 radical (unpaired) electrons. The third-order valence-electron chi connectivity index (χ3n) is 12.0. The molecular weight excluding hydrogens is 420 g/mol. The van der Waals surface area contributed by atoms with Crippen LogP contribution in [0.3, 0.4) is 0 Å². The number of ether oxygens (including phenoxy) is 1. The second kappa shape index (κ2) is 8.79. The monoisotopic (exact) mass is 470 g/mol. The van der Waals surface area contributed by atoms with Crippen LogP contribution < -0.4 is 0 Å². The molecule has 34 heavy (non-hydrogen) atoms. The highest BCUT2D eigenvalue weighted by molar-refractivity contribution is 5.40. The Kier molecular flexibility index (Phi) is 6.71. The first kappa shape index (κ1) is 26.0. The van der Waals surface area contributed by atoms with Gasteiger partial charge in [0.2, 0.25) is 0 Å². The highest BCUT2D eigenvalue weighted by Crippen LogP contribution is 2.72. The van der Waals surface area contributed by atoms with Gasteiger partial charge in [-0.15, -0.1) is 0 Å². The van der Waals surface area contributed by atoms with E-state index in [4.69, 9.17) is 4.74 Å². The average molecular weight is 471 g/mol. The van der Waals surface area contributed by atoms with Crippen LogP contribution in [0.25, 0.3) is 0 Å². The summed E-state index contributed by atoms with van der Waals surface area (Å²) in [5.41, 5.74) is 5.27. The van der Waals surface area contributed by atoms with Crippen molar-refractivity contribution in [3.05, 3.63) is 23.3 Å². The van der Waals surface area contributed by atoms with Gasteiger partial charge in [-0.1, -0.05) is 71.8 Å². The third kappa shape index (κ3) is 3.66. The van der Waals surface area contributed by atoms with Gasteiger partial charge in [0.1, 0.15) is 6.10 Å². The second-order valence-electron chi connectivity index (χ2n) is 13.9. The molecule has 1 unspecified atom stereocenters. The average Bonchev–Trinajstić information content (AvgIpc) is 3.05. The van der Waals surface area contributed by atoms with Gasteiger partial charge >= 0.3 is 0 Å². The molecule has 4 aliphatic rings. The lowest BCUT2D eigenvalue weighted by Crippen LogP contribution is -2.55. The molecule has 4 rings (SSSR count). The first-order valence-corrected chi connectivity index (χ1v) is 14.0.